The van der Waals surface area contributed by atoms with Crippen LogP contribution in [0.2, 0.25) is 5.02 Å². The summed E-state index contributed by atoms with van der Waals surface area (Å²) in [5.41, 5.74) is 3.16. The number of carbonyl (C=O) groups excluding carboxylic acids is 1. The highest BCUT2D eigenvalue weighted by molar-refractivity contribution is 6.31. The van der Waals surface area contributed by atoms with Crippen LogP contribution >= 0.6 is 11.6 Å². The maximum atomic E-state index is 13.2. The second-order valence-corrected chi connectivity index (χ2v) is 8.77. The zero-order valence-electron chi connectivity index (χ0n) is 17.3. The Bertz CT molecular complexity index is 983. The monoisotopic (exact) mass is 398 g/mol. The van der Waals surface area contributed by atoms with Gasteiger partial charge in [0, 0.05) is 5.02 Å². The van der Waals surface area contributed by atoms with Crippen molar-refractivity contribution in [3.63, 3.8) is 0 Å². The summed E-state index contributed by atoms with van der Waals surface area (Å²) in [6.07, 6.45) is 0.751. The summed E-state index contributed by atoms with van der Waals surface area (Å²) in [5.74, 6) is -0.223. The second-order valence-electron chi connectivity index (χ2n) is 8.36. The van der Waals surface area contributed by atoms with Gasteiger partial charge in [-0.3, -0.25) is 4.79 Å². The van der Waals surface area contributed by atoms with Crippen molar-refractivity contribution < 1.29 is 14.6 Å². The average molecular weight is 399 g/mol. The van der Waals surface area contributed by atoms with Crippen molar-refractivity contribution in [2.24, 2.45) is 0 Å². The molecule has 148 valence electrons. The van der Waals surface area contributed by atoms with Crippen LogP contribution < -0.4 is 0 Å². The normalized spacial score (nSPS) is 18.5. The van der Waals surface area contributed by atoms with Gasteiger partial charge in [-0.05, 0) is 87.1 Å². The molecule has 0 atom stereocenters. The Hall–Kier alpha value is -2.10. The maximum Gasteiger partial charge on any atom is 0.198 e. The topological polar surface area (TPSA) is 46.5 Å². The van der Waals surface area contributed by atoms with Gasteiger partial charge in [-0.15, -0.1) is 0 Å². The summed E-state index contributed by atoms with van der Waals surface area (Å²) in [6.45, 7) is 11.1. The Morgan fingerprint density at radius 2 is 1.61 bits per heavy atom. The van der Waals surface area contributed by atoms with Crippen molar-refractivity contribution in [1.29, 1.82) is 0 Å². The minimum Gasteiger partial charge on any atom is -0.508 e. The van der Waals surface area contributed by atoms with E-state index in [1.165, 1.54) is 0 Å². The molecule has 0 bridgehead atoms. The molecule has 0 aliphatic carbocycles. The Morgan fingerprint density at radius 1 is 1.00 bits per heavy atom. The van der Waals surface area contributed by atoms with Crippen molar-refractivity contribution >= 4 is 23.0 Å². The third-order valence-electron chi connectivity index (χ3n) is 5.34. The van der Waals surface area contributed by atoms with Gasteiger partial charge in [-0.2, -0.15) is 0 Å². The SMILES string of the molecule is CCc1ccc(-c2ccc(Cl)c(C)c2)cc1C1=C(O)C(C)(C)OC(C)(C)C1=O. The summed E-state index contributed by atoms with van der Waals surface area (Å²) in [5, 5.41) is 11.7. The third-order valence-corrected chi connectivity index (χ3v) is 5.77. The smallest absolute Gasteiger partial charge is 0.198 e. The highest BCUT2D eigenvalue weighted by Crippen LogP contribution is 2.41. The van der Waals surface area contributed by atoms with E-state index in [0.29, 0.717) is 5.57 Å². The first-order chi connectivity index (χ1) is 13.0. The molecule has 3 rings (SSSR count). The van der Waals surface area contributed by atoms with Crippen LogP contribution in [-0.4, -0.2) is 22.1 Å². The molecule has 1 aliphatic heterocycles. The number of Topliss-reactive ketones (excluding diaryl/α,β-unsaturated/α-hetero) is 1. The summed E-state index contributed by atoms with van der Waals surface area (Å²) >= 11 is 6.17. The lowest BCUT2D eigenvalue weighted by molar-refractivity contribution is -0.158. The van der Waals surface area contributed by atoms with Crippen LogP contribution in [0.3, 0.4) is 0 Å². The van der Waals surface area contributed by atoms with Gasteiger partial charge in [0.1, 0.15) is 17.0 Å². The fraction of sp³-hybridized carbons (Fsp3) is 0.375. The van der Waals surface area contributed by atoms with Crippen LogP contribution in [-0.2, 0) is 16.0 Å². The van der Waals surface area contributed by atoms with Crippen LogP contribution in [0, 0.1) is 6.92 Å². The molecule has 2 aromatic carbocycles. The zero-order chi connectivity index (χ0) is 20.9. The Labute approximate surface area is 172 Å². The van der Waals surface area contributed by atoms with Crippen LogP contribution in [0.15, 0.2) is 42.2 Å². The van der Waals surface area contributed by atoms with Gasteiger partial charge >= 0.3 is 0 Å². The lowest BCUT2D eigenvalue weighted by Gasteiger charge is -2.40. The molecule has 0 saturated heterocycles. The van der Waals surface area contributed by atoms with E-state index in [1.54, 1.807) is 27.7 Å². The van der Waals surface area contributed by atoms with E-state index in [4.69, 9.17) is 16.3 Å². The largest absolute Gasteiger partial charge is 0.508 e. The third kappa shape index (κ3) is 3.49. The van der Waals surface area contributed by atoms with Gasteiger partial charge in [-0.1, -0.05) is 36.7 Å². The molecule has 0 spiro atoms. The highest BCUT2D eigenvalue weighted by atomic mass is 35.5. The molecular formula is C24H27ClO3. The van der Waals surface area contributed by atoms with Crippen molar-refractivity contribution in [1.82, 2.24) is 0 Å². The Balaban J connectivity index is 2.25. The van der Waals surface area contributed by atoms with E-state index in [2.05, 4.69) is 0 Å². The predicted molar refractivity (Wildman–Crippen MR) is 115 cm³/mol. The van der Waals surface area contributed by atoms with Crippen molar-refractivity contribution in [2.75, 3.05) is 0 Å². The molecule has 28 heavy (non-hydrogen) atoms. The number of aliphatic hydroxyl groups excluding tert-OH is 1. The van der Waals surface area contributed by atoms with E-state index in [9.17, 15) is 9.90 Å². The number of ether oxygens (including phenoxy) is 1. The first-order valence-corrected chi connectivity index (χ1v) is 9.94. The van der Waals surface area contributed by atoms with E-state index in [0.717, 1.165) is 39.3 Å². The number of hydrogen-bond donors (Lipinski definition) is 1. The lowest BCUT2D eigenvalue weighted by atomic mass is 9.80. The number of aliphatic hydroxyl groups is 1. The highest BCUT2D eigenvalue weighted by Gasteiger charge is 2.47. The van der Waals surface area contributed by atoms with Crippen LogP contribution in [0.4, 0.5) is 0 Å². The number of rotatable bonds is 3. The molecule has 1 heterocycles. The van der Waals surface area contributed by atoms with Crippen molar-refractivity contribution in [3.8, 4) is 11.1 Å². The minimum absolute atomic E-state index is 0.0176. The number of carbonyl (C=O) groups is 1. The molecule has 0 amide bonds. The van der Waals surface area contributed by atoms with Gasteiger partial charge in [0.15, 0.2) is 5.78 Å². The van der Waals surface area contributed by atoms with Crippen LogP contribution in [0.25, 0.3) is 16.7 Å². The van der Waals surface area contributed by atoms with Crippen molar-refractivity contribution in [2.45, 2.75) is 59.2 Å². The van der Waals surface area contributed by atoms with E-state index in [-0.39, 0.29) is 11.5 Å². The Kier molecular flexibility index (Phi) is 5.20. The Morgan fingerprint density at radius 3 is 2.21 bits per heavy atom. The average Bonchev–Trinajstić information content (AvgIpc) is 2.62. The number of halogens is 1. The molecule has 0 radical (unpaired) electrons. The fourth-order valence-corrected chi connectivity index (χ4v) is 3.93. The zero-order valence-corrected chi connectivity index (χ0v) is 18.1. The number of hydrogen-bond acceptors (Lipinski definition) is 3. The lowest BCUT2D eigenvalue weighted by Crippen LogP contribution is -2.49. The summed E-state index contributed by atoms with van der Waals surface area (Å²) in [7, 11) is 0. The van der Waals surface area contributed by atoms with Crippen LogP contribution in [0.1, 0.15) is 51.3 Å². The van der Waals surface area contributed by atoms with E-state index >= 15 is 0 Å². The number of benzene rings is 2. The summed E-state index contributed by atoms with van der Waals surface area (Å²) in [6, 6.07) is 11.9. The maximum absolute atomic E-state index is 13.2. The standard InChI is InChI=1S/C24H27ClO3/c1-7-15-8-9-17(16-10-11-19(25)14(2)12-16)13-18(15)20-21(26)23(3,4)28-24(5,6)22(20)27/h8-13,26H,7H2,1-6H3. The van der Waals surface area contributed by atoms with E-state index in [1.807, 2.05) is 50.2 Å². The van der Waals surface area contributed by atoms with Crippen molar-refractivity contribution in [3.05, 3.63) is 63.9 Å². The molecule has 0 aromatic heterocycles. The van der Waals surface area contributed by atoms with Gasteiger partial charge in [0.25, 0.3) is 0 Å². The minimum atomic E-state index is -1.01. The summed E-state index contributed by atoms with van der Waals surface area (Å²) < 4.78 is 5.88. The molecular weight excluding hydrogens is 372 g/mol. The van der Waals surface area contributed by atoms with Gasteiger partial charge in [0.2, 0.25) is 0 Å². The number of ketones is 1. The van der Waals surface area contributed by atoms with Gasteiger partial charge < -0.3 is 9.84 Å². The predicted octanol–water partition coefficient (Wildman–Crippen LogP) is 6.30. The molecule has 3 nitrogen and oxygen atoms in total. The first kappa shape index (κ1) is 20.6. The molecule has 1 aliphatic rings. The van der Waals surface area contributed by atoms with Crippen LogP contribution in [0.5, 0.6) is 0 Å². The number of aryl methyl sites for hydroxylation is 2. The summed E-state index contributed by atoms with van der Waals surface area (Å²) in [4.78, 5) is 13.2. The van der Waals surface area contributed by atoms with Gasteiger partial charge in [-0.25, -0.2) is 0 Å². The van der Waals surface area contributed by atoms with E-state index < -0.39 is 11.2 Å². The quantitative estimate of drug-likeness (QED) is 0.659. The first-order valence-electron chi connectivity index (χ1n) is 9.56. The molecule has 0 unspecified atom stereocenters. The molecule has 4 heteroatoms. The fourth-order valence-electron chi connectivity index (χ4n) is 3.81. The van der Waals surface area contributed by atoms with Gasteiger partial charge in [0.05, 0.1) is 5.57 Å². The molecule has 1 N–H and O–H groups in total. The molecule has 0 saturated carbocycles. The molecule has 2 aromatic rings. The second kappa shape index (κ2) is 7.06. The molecule has 0 fully saturated rings.